The zero-order valence-corrected chi connectivity index (χ0v) is 18.3. The van der Waals surface area contributed by atoms with Crippen LogP contribution < -0.4 is 4.90 Å². The molecule has 138 valence electrons. The molecule has 27 heavy (non-hydrogen) atoms. The lowest BCUT2D eigenvalue weighted by Crippen LogP contribution is -2.29. The van der Waals surface area contributed by atoms with Crippen LogP contribution in [0.2, 0.25) is 10.0 Å². The largest absolute Gasteiger partial charge is 0.352 e. The van der Waals surface area contributed by atoms with Crippen LogP contribution in [0.5, 0.6) is 0 Å². The van der Waals surface area contributed by atoms with Crippen LogP contribution in [0, 0.1) is 6.92 Å². The van der Waals surface area contributed by atoms with Crippen molar-refractivity contribution < 1.29 is 0 Å². The number of halogens is 3. The number of hydrogen-bond acceptors (Lipinski definition) is 2. The summed E-state index contributed by atoms with van der Waals surface area (Å²) in [6.45, 7) is 7.30. The molecule has 0 aliphatic carbocycles. The SMILES string of the molecule is Cc1ccc(Cl)c2c1N1Cc3nc(Br)n(C(C)C)c3C1c1ccc(Cl)cc1-2. The monoisotopic (exact) mass is 461 g/mol. The number of aryl methyl sites for hydroxylation is 1. The highest BCUT2D eigenvalue weighted by molar-refractivity contribution is 9.10. The van der Waals surface area contributed by atoms with E-state index in [1.54, 1.807) is 0 Å². The zero-order chi connectivity index (χ0) is 19.0. The molecular weight excluding hydrogens is 445 g/mol. The van der Waals surface area contributed by atoms with Crippen LogP contribution in [0.3, 0.4) is 0 Å². The van der Waals surface area contributed by atoms with Gasteiger partial charge in [0.15, 0.2) is 4.73 Å². The third-order valence-corrected chi connectivity index (χ3v) is 6.69. The molecule has 3 aromatic rings. The Hall–Kier alpha value is -1.49. The summed E-state index contributed by atoms with van der Waals surface area (Å²) < 4.78 is 3.19. The number of nitrogens with zero attached hydrogens (tertiary/aromatic N) is 3. The van der Waals surface area contributed by atoms with Gasteiger partial charge in [-0.05, 0) is 71.6 Å². The minimum absolute atomic E-state index is 0.109. The summed E-state index contributed by atoms with van der Waals surface area (Å²) in [5.41, 5.74) is 8.20. The Balaban J connectivity index is 1.87. The smallest absolute Gasteiger partial charge is 0.177 e. The van der Waals surface area contributed by atoms with Gasteiger partial charge in [-0.3, -0.25) is 0 Å². The fraction of sp³-hybridized carbons (Fsp3) is 0.286. The second-order valence-corrected chi connectivity index (χ2v) is 9.08. The molecule has 0 spiro atoms. The van der Waals surface area contributed by atoms with E-state index in [1.807, 2.05) is 18.2 Å². The summed E-state index contributed by atoms with van der Waals surface area (Å²) in [7, 11) is 0. The minimum Gasteiger partial charge on any atom is -0.352 e. The molecule has 2 aromatic carbocycles. The third kappa shape index (κ3) is 2.36. The van der Waals surface area contributed by atoms with E-state index >= 15 is 0 Å². The lowest BCUT2D eigenvalue weighted by molar-refractivity contribution is 0.546. The molecule has 3 heterocycles. The second kappa shape index (κ2) is 6.00. The van der Waals surface area contributed by atoms with Crippen LogP contribution in [0.15, 0.2) is 35.1 Å². The maximum Gasteiger partial charge on any atom is 0.177 e. The summed E-state index contributed by atoms with van der Waals surface area (Å²) in [5, 5.41) is 1.48. The van der Waals surface area contributed by atoms with Gasteiger partial charge in [0.05, 0.1) is 34.7 Å². The van der Waals surface area contributed by atoms with E-state index in [9.17, 15) is 0 Å². The molecule has 6 heteroatoms. The van der Waals surface area contributed by atoms with Crippen molar-refractivity contribution in [3.05, 3.63) is 67.6 Å². The lowest BCUT2D eigenvalue weighted by Gasteiger charge is -2.38. The number of rotatable bonds is 1. The summed E-state index contributed by atoms with van der Waals surface area (Å²) in [4.78, 5) is 7.27. The summed E-state index contributed by atoms with van der Waals surface area (Å²) >= 11 is 16.7. The van der Waals surface area contributed by atoms with E-state index in [1.165, 1.54) is 22.5 Å². The van der Waals surface area contributed by atoms with Gasteiger partial charge in [-0.15, -0.1) is 0 Å². The van der Waals surface area contributed by atoms with Gasteiger partial charge in [0.1, 0.15) is 0 Å². The zero-order valence-electron chi connectivity index (χ0n) is 15.2. The highest BCUT2D eigenvalue weighted by Crippen LogP contribution is 2.55. The second-order valence-electron chi connectivity index (χ2n) is 7.53. The van der Waals surface area contributed by atoms with Crippen LogP contribution >= 0.6 is 39.1 Å². The average Bonchev–Trinajstić information content (AvgIpc) is 3.11. The van der Waals surface area contributed by atoms with E-state index in [0.717, 1.165) is 38.1 Å². The van der Waals surface area contributed by atoms with Gasteiger partial charge >= 0.3 is 0 Å². The van der Waals surface area contributed by atoms with Crippen molar-refractivity contribution in [3.8, 4) is 11.1 Å². The lowest BCUT2D eigenvalue weighted by atomic mass is 9.86. The fourth-order valence-corrected chi connectivity index (χ4v) is 5.80. The Morgan fingerprint density at radius 2 is 1.96 bits per heavy atom. The quantitative estimate of drug-likeness (QED) is 0.390. The van der Waals surface area contributed by atoms with Crippen molar-refractivity contribution >= 4 is 44.8 Å². The molecule has 2 aliphatic rings. The van der Waals surface area contributed by atoms with Crippen LogP contribution in [0.25, 0.3) is 11.1 Å². The van der Waals surface area contributed by atoms with Gasteiger partial charge in [0, 0.05) is 16.6 Å². The van der Waals surface area contributed by atoms with Crippen molar-refractivity contribution in [3.63, 3.8) is 0 Å². The van der Waals surface area contributed by atoms with E-state index in [2.05, 4.69) is 58.3 Å². The molecule has 1 aromatic heterocycles. The van der Waals surface area contributed by atoms with Gasteiger partial charge in [-0.1, -0.05) is 35.3 Å². The maximum atomic E-state index is 6.68. The van der Waals surface area contributed by atoms with Crippen LogP contribution in [0.4, 0.5) is 5.69 Å². The summed E-state index contributed by atoms with van der Waals surface area (Å²) in [5.74, 6) is 0. The number of fused-ring (bicyclic) bond motifs is 8. The van der Waals surface area contributed by atoms with Crippen molar-refractivity contribution in [1.82, 2.24) is 9.55 Å². The van der Waals surface area contributed by atoms with Crippen LogP contribution in [0.1, 0.15) is 48.4 Å². The predicted octanol–water partition coefficient (Wildman–Crippen LogP) is 6.93. The number of imidazole rings is 1. The molecule has 5 rings (SSSR count). The Morgan fingerprint density at radius 1 is 1.19 bits per heavy atom. The highest BCUT2D eigenvalue weighted by Gasteiger charge is 2.43. The van der Waals surface area contributed by atoms with Gasteiger partial charge < -0.3 is 9.47 Å². The Bertz CT molecular complexity index is 1100. The first-order valence-electron chi connectivity index (χ1n) is 9.00. The van der Waals surface area contributed by atoms with E-state index < -0.39 is 0 Å². The molecule has 3 nitrogen and oxygen atoms in total. The first kappa shape index (κ1) is 17.6. The van der Waals surface area contributed by atoms with Crippen LogP contribution in [-0.2, 0) is 6.54 Å². The number of benzene rings is 2. The molecule has 1 unspecified atom stereocenters. The molecule has 0 radical (unpaired) electrons. The van der Waals surface area contributed by atoms with E-state index in [4.69, 9.17) is 28.2 Å². The molecule has 0 fully saturated rings. The molecule has 0 saturated heterocycles. The fourth-order valence-electron chi connectivity index (χ4n) is 4.56. The van der Waals surface area contributed by atoms with Crippen molar-refractivity contribution in [2.24, 2.45) is 0 Å². The summed E-state index contributed by atoms with van der Waals surface area (Å²) in [6, 6.07) is 10.6. The van der Waals surface area contributed by atoms with Gasteiger partial charge in [0.25, 0.3) is 0 Å². The Labute approximate surface area is 177 Å². The maximum absolute atomic E-state index is 6.68. The molecular formula is C21H18BrCl2N3. The Morgan fingerprint density at radius 3 is 2.70 bits per heavy atom. The standard InChI is InChI=1S/C21H18BrCl2N3/c1-10(2)27-20-16(25-21(27)22)9-26-18-11(3)4-7-15(24)17(18)14-8-12(23)5-6-13(14)19(20)26/h4-8,10,19H,9H2,1-3H3. The summed E-state index contributed by atoms with van der Waals surface area (Å²) in [6.07, 6.45) is 0. The van der Waals surface area contributed by atoms with Crippen molar-refractivity contribution in [1.29, 1.82) is 0 Å². The third-order valence-electron chi connectivity index (χ3n) is 5.58. The number of aromatic nitrogens is 2. The molecule has 1 atom stereocenters. The normalized spacial score (nSPS) is 17.0. The first-order valence-corrected chi connectivity index (χ1v) is 10.6. The molecule has 2 aliphatic heterocycles. The predicted molar refractivity (Wildman–Crippen MR) is 115 cm³/mol. The molecule has 0 amide bonds. The molecule has 0 saturated carbocycles. The van der Waals surface area contributed by atoms with Crippen molar-refractivity contribution in [2.75, 3.05) is 4.90 Å². The molecule has 0 bridgehead atoms. The highest BCUT2D eigenvalue weighted by atomic mass is 79.9. The number of anilines is 1. The van der Waals surface area contributed by atoms with E-state index in [0.29, 0.717) is 6.04 Å². The van der Waals surface area contributed by atoms with Gasteiger partial charge in [0.2, 0.25) is 0 Å². The van der Waals surface area contributed by atoms with Crippen molar-refractivity contribution in [2.45, 2.75) is 39.4 Å². The van der Waals surface area contributed by atoms with Crippen LogP contribution in [-0.4, -0.2) is 9.55 Å². The average molecular weight is 463 g/mol. The molecule has 0 N–H and O–H groups in total. The minimum atomic E-state index is 0.109. The number of hydrogen-bond donors (Lipinski definition) is 0. The Kier molecular flexibility index (Phi) is 3.91. The van der Waals surface area contributed by atoms with E-state index in [-0.39, 0.29) is 6.04 Å². The first-order chi connectivity index (χ1) is 12.9. The topological polar surface area (TPSA) is 21.1 Å². The van der Waals surface area contributed by atoms with Gasteiger partial charge in [-0.2, -0.15) is 0 Å². The van der Waals surface area contributed by atoms with Gasteiger partial charge in [-0.25, -0.2) is 4.98 Å².